The largest absolute Gasteiger partial charge is 0.362 e. The SMILES string of the molecule is O=C(CN1CCC2(CCC1=O)NC(=O)c1ccccc1N2)NC1CCC1. The molecule has 1 aromatic carbocycles. The van der Waals surface area contributed by atoms with E-state index in [0.29, 0.717) is 31.4 Å². The lowest BCUT2D eigenvalue weighted by molar-refractivity contribution is -0.136. The average molecular weight is 356 g/mol. The number of hydrogen-bond donors (Lipinski definition) is 3. The Morgan fingerprint density at radius 1 is 1.19 bits per heavy atom. The fraction of sp³-hybridized carbons (Fsp3) is 0.526. The molecule has 3 amide bonds. The highest BCUT2D eigenvalue weighted by Crippen LogP contribution is 2.31. The van der Waals surface area contributed by atoms with Crippen molar-refractivity contribution in [3.05, 3.63) is 29.8 Å². The molecule has 0 radical (unpaired) electrons. The lowest BCUT2D eigenvalue weighted by atomic mass is 9.93. The van der Waals surface area contributed by atoms with Crippen LogP contribution in [0.1, 0.15) is 48.9 Å². The molecule has 1 unspecified atom stereocenters. The van der Waals surface area contributed by atoms with Crippen molar-refractivity contribution in [1.29, 1.82) is 0 Å². The number of carbonyl (C=O) groups is 3. The van der Waals surface area contributed by atoms with Crippen molar-refractivity contribution in [2.24, 2.45) is 0 Å². The van der Waals surface area contributed by atoms with Gasteiger partial charge in [-0.25, -0.2) is 0 Å². The maximum Gasteiger partial charge on any atom is 0.255 e. The third-order valence-electron chi connectivity index (χ3n) is 5.63. The van der Waals surface area contributed by atoms with Crippen LogP contribution in [0.25, 0.3) is 0 Å². The number of fused-ring (bicyclic) bond motifs is 1. The molecule has 1 saturated carbocycles. The number of nitrogens with one attached hydrogen (secondary N) is 3. The molecule has 7 heteroatoms. The van der Waals surface area contributed by atoms with Gasteiger partial charge in [0, 0.05) is 31.1 Å². The third kappa shape index (κ3) is 3.25. The normalized spacial score (nSPS) is 25.6. The van der Waals surface area contributed by atoms with Crippen molar-refractivity contribution >= 4 is 23.4 Å². The molecule has 1 spiro atoms. The van der Waals surface area contributed by atoms with Crippen LogP contribution in [-0.2, 0) is 9.59 Å². The summed E-state index contributed by atoms with van der Waals surface area (Å²) in [6, 6.07) is 7.65. The van der Waals surface area contributed by atoms with Gasteiger partial charge in [0.05, 0.1) is 12.1 Å². The van der Waals surface area contributed by atoms with Crippen LogP contribution in [0.4, 0.5) is 5.69 Å². The summed E-state index contributed by atoms with van der Waals surface area (Å²) in [5.41, 5.74) is 0.769. The van der Waals surface area contributed by atoms with Gasteiger partial charge in [-0.1, -0.05) is 12.1 Å². The van der Waals surface area contributed by atoms with Crippen LogP contribution >= 0.6 is 0 Å². The van der Waals surface area contributed by atoms with E-state index in [9.17, 15) is 14.4 Å². The number of rotatable bonds is 3. The number of carbonyl (C=O) groups excluding carboxylic acids is 3. The van der Waals surface area contributed by atoms with Crippen LogP contribution in [-0.4, -0.2) is 47.4 Å². The highest BCUT2D eigenvalue weighted by Gasteiger charge is 2.40. The van der Waals surface area contributed by atoms with E-state index in [1.807, 2.05) is 18.2 Å². The number of para-hydroxylation sites is 1. The molecule has 26 heavy (non-hydrogen) atoms. The summed E-state index contributed by atoms with van der Waals surface area (Å²) in [6.45, 7) is 0.530. The van der Waals surface area contributed by atoms with Crippen molar-refractivity contribution in [2.75, 3.05) is 18.4 Å². The summed E-state index contributed by atoms with van der Waals surface area (Å²) in [4.78, 5) is 38.7. The van der Waals surface area contributed by atoms with Crippen molar-refractivity contribution in [2.45, 2.75) is 50.2 Å². The third-order valence-corrected chi connectivity index (χ3v) is 5.63. The molecule has 3 N–H and O–H groups in total. The molecule has 4 rings (SSSR count). The predicted molar refractivity (Wildman–Crippen MR) is 96.5 cm³/mol. The maximum atomic E-state index is 12.5. The summed E-state index contributed by atoms with van der Waals surface area (Å²) in [6.07, 6.45) is 4.58. The Balaban J connectivity index is 1.43. The van der Waals surface area contributed by atoms with E-state index >= 15 is 0 Å². The second-order valence-corrected chi connectivity index (χ2v) is 7.47. The van der Waals surface area contributed by atoms with Gasteiger partial charge in [-0.3, -0.25) is 14.4 Å². The van der Waals surface area contributed by atoms with Gasteiger partial charge in [0.1, 0.15) is 5.66 Å². The van der Waals surface area contributed by atoms with Crippen LogP contribution in [0.15, 0.2) is 24.3 Å². The van der Waals surface area contributed by atoms with Gasteiger partial charge in [0.15, 0.2) is 0 Å². The number of likely N-dealkylation sites (tertiary alicyclic amines) is 1. The summed E-state index contributed by atoms with van der Waals surface area (Å²) in [5.74, 6) is -0.256. The second kappa shape index (κ2) is 6.63. The van der Waals surface area contributed by atoms with Gasteiger partial charge < -0.3 is 20.9 Å². The highest BCUT2D eigenvalue weighted by atomic mass is 16.2. The number of nitrogens with zero attached hydrogens (tertiary/aromatic N) is 1. The topological polar surface area (TPSA) is 90.5 Å². The Kier molecular flexibility index (Phi) is 4.30. The Hall–Kier alpha value is -2.57. The second-order valence-electron chi connectivity index (χ2n) is 7.47. The predicted octanol–water partition coefficient (Wildman–Crippen LogP) is 1.22. The zero-order chi connectivity index (χ0) is 18.1. The van der Waals surface area contributed by atoms with Crippen LogP contribution in [0.3, 0.4) is 0 Å². The minimum Gasteiger partial charge on any atom is -0.362 e. The molecule has 138 valence electrons. The van der Waals surface area contributed by atoms with E-state index in [2.05, 4.69) is 16.0 Å². The first kappa shape index (κ1) is 16.9. The fourth-order valence-corrected chi connectivity index (χ4v) is 3.83. The van der Waals surface area contributed by atoms with Crippen molar-refractivity contribution < 1.29 is 14.4 Å². The van der Waals surface area contributed by atoms with Gasteiger partial charge in [-0.05, 0) is 37.8 Å². The Morgan fingerprint density at radius 3 is 2.77 bits per heavy atom. The standard InChI is InChI=1S/C19H24N4O3/c24-16(20-13-4-3-5-13)12-23-11-10-19(9-8-17(23)25)21-15-7-2-1-6-14(15)18(26)22-19/h1-2,6-7,13,21H,3-5,8-12H2,(H,20,24)(H,22,26). The molecule has 0 aromatic heterocycles. The van der Waals surface area contributed by atoms with Crippen molar-refractivity contribution in [3.8, 4) is 0 Å². The maximum absolute atomic E-state index is 12.5. The first-order valence-electron chi connectivity index (χ1n) is 9.32. The molecular weight excluding hydrogens is 332 g/mol. The first-order chi connectivity index (χ1) is 12.5. The zero-order valence-electron chi connectivity index (χ0n) is 14.7. The Labute approximate surface area is 152 Å². The van der Waals surface area contributed by atoms with Gasteiger partial charge in [0.25, 0.3) is 5.91 Å². The summed E-state index contributed by atoms with van der Waals surface area (Å²) < 4.78 is 0. The molecule has 1 saturated heterocycles. The van der Waals surface area contributed by atoms with E-state index in [0.717, 1.165) is 24.9 Å². The van der Waals surface area contributed by atoms with Gasteiger partial charge in [-0.15, -0.1) is 0 Å². The van der Waals surface area contributed by atoms with E-state index < -0.39 is 5.66 Å². The summed E-state index contributed by atoms with van der Waals surface area (Å²) in [5, 5.41) is 9.44. The highest BCUT2D eigenvalue weighted by molar-refractivity contribution is 6.02. The monoisotopic (exact) mass is 356 g/mol. The molecule has 2 aliphatic heterocycles. The summed E-state index contributed by atoms with van der Waals surface area (Å²) >= 11 is 0. The van der Waals surface area contributed by atoms with Gasteiger partial charge >= 0.3 is 0 Å². The molecular formula is C19H24N4O3. The molecule has 2 heterocycles. The molecule has 1 aliphatic carbocycles. The van der Waals surface area contributed by atoms with E-state index in [1.54, 1.807) is 11.0 Å². The average Bonchev–Trinajstić information content (AvgIpc) is 2.73. The van der Waals surface area contributed by atoms with E-state index in [4.69, 9.17) is 0 Å². The van der Waals surface area contributed by atoms with Crippen LogP contribution in [0.2, 0.25) is 0 Å². The van der Waals surface area contributed by atoms with Crippen LogP contribution < -0.4 is 16.0 Å². The number of benzene rings is 1. The van der Waals surface area contributed by atoms with Crippen LogP contribution in [0, 0.1) is 0 Å². The van der Waals surface area contributed by atoms with Crippen LogP contribution in [0.5, 0.6) is 0 Å². The molecule has 1 aromatic rings. The smallest absolute Gasteiger partial charge is 0.255 e. The van der Waals surface area contributed by atoms with E-state index in [1.165, 1.54) is 0 Å². The fourth-order valence-electron chi connectivity index (χ4n) is 3.83. The number of hydrogen-bond acceptors (Lipinski definition) is 4. The van der Waals surface area contributed by atoms with Gasteiger partial charge in [-0.2, -0.15) is 0 Å². The first-order valence-corrected chi connectivity index (χ1v) is 9.32. The van der Waals surface area contributed by atoms with Crippen molar-refractivity contribution in [1.82, 2.24) is 15.5 Å². The quantitative estimate of drug-likeness (QED) is 0.760. The van der Waals surface area contributed by atoms with Crippen molar-refractivity contribution in [3.63, 3.8) is 0 Å². The zero-order valence-corrected chi connectivity index (χ0v) is 14.7. The summed E-state index contributed by atoms with van der Waals surface area (Å²) in [7, 11) is 0. The van der Waals surface area contributed by atoms with Gasteiger partial charge in [0.2, 0.25) is 11.8 Å². The molecule has 0 bridgehead atoms. The molecule has 1 atom stereocenters. The molecule has 7 nitrogen and oxygen atoms in total. The molecule has 3 aliphatic rings. The molecule has 2 fully saturated rings. The Bertz CT molecular complexity index is 746. The Morgan fingerprint density at radius 2 is 2.00 bits per heavy atom. The number of anilines is 1. The lowest BCUT2D eigenvalue weighted by Crippen LogP contribution is -2.58. The van der Waals surface area contributed by atoms with E-state index in [-0.39, 0.29) is 30.3 Å². The minimum atomic E-state index is -0.639. The number of amides is 3. The lowest BCUT2D eigenvalue weighted by Gasteiger charge is -2.39. The minimum absolute atomic E-state index is 0.0412.